The molecule has 98 valence electrons. The number of hydrogen-bond donors (Lipinski definition) is 2. The Hall–Kier alpha value is -0.0800. The Morgan fingerprint density at radius 2 is 1.81 bits per heavy atom. The van der Waals surface area contributed by atoms with Crippen LogP contribution in [-0.2, 0) is 0 Å². The van der Waals surface area contributed by atoms with E-state index in [0.717, 1.165) is 13.1 Å². The third-order valence-electron chi connectivity index (χ3n) is 2.83. The fourth-order valence-electron chi connectivity index (χ4n) is 1.88. The highest BCUT2D eigenvalue weighted by Crippen LogP contribution is 2.14. The highest BCUT2D eigenvalue weighted by molar-refractivity contribution is 4.65. The van der Waals surface area contributed by atoms with Gasteiger partial charge in [0.1, 0.15) is 0 Å². The van der Waals surface area contributed by atoms with Crippen molar-refractivity contribution in [2.75, 3.05) is 19.7 Å². The van der Waals surface area contributed by atoms with Crippen LogP contribution in [0.25, 0.3) is 0 Å². The van der Waals surface area contributed by atoms with Crippen molar-refractivity contribution < 1.29 is 5.11 Å². The molecule has 0 radical (unpaired) electrons. The maximum Gasteiger partial charge on any atom is 0.0459 e. The van der Waals surface area contributed by atoms with E-state index in [1.165, 1.54) is 32.1 Å². The monoisotopic (exact) mass is 229 g/mol. The van der Waals surface area contributed by atoms with Gasteiger partial charge in [-0.1, -0.05) is 40.5 Å². The van der Waals surface area contributed by atoms with Gasteiger partial charge in [-0.15, -0.1) is 0 Å². The Morgan fingerprint density at radius 3 is 2.31 bits per heavy atom. The predicted molar refractivity (Wildman–Crippen MR) is 71.7 cm³/mol. The van der Waals surface area contributed by atoms with Crippen LogP contribution < -0.4 is 5.32 Å². The molecule has 0 aliphatic carbocycles. The van der Waals surface area contributed by atoms with Gasteiger partial charge in [0.15, 0.2) is 0 Å². The second-order valence-electron chi connectivity index (χ2n) is 6.07. The molecule has 16 heavy (non-hydrogen) atoms. The van der Waals surface area contributed by atoms with Crippen molar-refractivity contribution in [1.29, 1.82) is 0 Å². The number of nitrogens with one attached hydrogen (secondary N) is 1. The van der Waals surface area contributed by atoms with Crippen molar-refractivity contribution in [1.82, 2.24) is 5.32 Å². The molecule has 0 aromatic rings. The van der Waals surface area contributed by atoms with Crippen molar-refractivity contribution in [3.63, 3.8) is 0 Å². The Morgan fingerprint density at radius 1 is 1.12 bits per heavy atom. The van der Waals surface area contributed by atoms with E-state index in [0.29, 0.717) is 17.9 Å². The first kappa shape index (κ1) is 15.9. The maximum absolute atomic E-state index is 9.15. The van der Waals surface area contributed by atoms with E-state index in [1.807, 2.05) is 0 Å². The molecule has 0 aromatic heterocycles. The zero-order valence-corrected chi connectivity index (χ0v) is 11.7. The minimum absolute atomic E-state index is 0.364. The van der Waals surface area contributed by atoms with E-state index in [2.05, 4.69) is 33.0 Å². The molecule has 0 aliphatic heterocycles. The molecule has 0 saturated carbocycles. The van der Waals surface area contributed by atoms with Crippen molar-refractivity contribution in [3.05, 3.63) is 0 Å². The van der Waals surface area contributed by atoms with Crippen LogP contribution >= 0.6 is 0 Å². The van der Waals surface area contributed by atoms with Gasteiger partial charge in [0, 0.05) is 6.61 Å². The van der Waals surface area contributed by atoms with Gasteiger partial charge in [-0.2, -0.15) is 0 Å². The standard InChI is InChI=1S/C14H31NO/c1-5-8-13(11-16)9-6-7-10-15-12-14(2,3)4/h13,15-16H,5-12H2,1-4H3/t13-/m1/s1. The fraction of sp³-hybridized carbons (Fsp3) is 1.00. The minimum Gasteiger partial charge on any atom is -0.396 e. The van der Waals surface area contributed by atoms with E-state index in [9.17, 15) is 0 Å². The van der Waals surface area contributed by atoms with Gasteiger partial charge in [0.25, 0.3) is 0 Å². The zero-order valence-electron chi connectivity index (χ0n) is 11.7. The van der Waals surface area contributed by atoms with Crippen LogP contribution in [0.3, 0.4) is 0 Å². The van der Waals surface area contributed by atoms with Gasteiger partial charge in [-0.05, 0) is 43.7 Å². The molecular formula is C14H31NO. The summed E-state index contributed by atoms with van der Waals surface area (Å²) in [6.07, 6.45) is 6.01. The Bertz CT molecular complexity index is 151. The van der Waals surface area contributed by atoms with Gasteiger partial charge in [-0.25, -0.2) is 0 Å². The molecule has 2 nitrogen and oxygen atoms in total. The molecule has 0 fully saturated rings. The molecule has 2 N–H and O–H groups in total. The SMILES string of the molecule is CCC[C@@H](CO)CCCCNCC(C)(C)C. The molecule has 0 spiro atoms. The molecule has 0 amide bonds. The number of aliphatic hydroxyl groups is 1. The summed E-state index contributed by atoms with van der Waals surface area (Å²) in [6, 6.07) is 0. The highest BCUT2D eigenvalue weighted by Gasteiger charge is 2.09. The minimum atomic E-state index is 0.364. The summed E-state index contributed by atoms with van der Waals surface area (Å²) in [5.41, 5.74) is 0.385. The smallest absolute Gasteiger partial charge is 0.0459 e. The molecule has 0 aliphatic rings. The van der Waals surface area contributed by atoms with Crippen molar-refractivity contribution >= 4 is 0 Å². The van der Waals surface area contributed by atoms with Crippen LogP contribution in [0.1, 0.15) is 59.8 Å². The number of rotatable bonds is 9. The van der Waals surface area contributed by atoms with Crippen LogP contribution in [0.15, 0.2) is 0 Å². The van der Waals surface area contributed by atoms with Crippen LogP contribution in [0.5, 0.6) is 0 Å². The maximum atomic E-state index is 9.15. The van der Waals surface area contributed by atoms with E-state index in [4.69, 9.17) is 5.11 Å². The molecule has 0 saturated heterocycles. The number of unbranched alkanes of at least 4 members (excludes halogenated alkanes) is 1. The Kier molecular flexibility index (Phi) is 8.96. The first-order valence-electron chi connectivity index (χ1n) is 6.81. The van der Waals surface area contributed by atoms with Crippen LogP contribution in [0.4, 0.5) is 0 Å². The summed E-state index contributed by atoms with van der Waals surface area (Å²) in [6.45, 7) is 11.5. The molecule has 0 heterocycles. The van der Waals surface area contributed by atoms with E-state index >= 15 is 0 Å². The quantitative estimate of drug-likeness (QED) is 0.595. The summed E-state index contributed by atoms with van der Waals surface area (Å²) >= 11 is 0. The van der Waals surface area contributed by atoms with Crippen molar-refractivity contribution in [3.8, 4) is 0 Å². The van der Waals surface area contributed by atoms with Gasteiger partial charge in [-0.3, -0.25) is 0 Å². The van der Waals surface area contributed by atoms with Gasteiger partial charge >= 0.3 is 0 Å². The molecule has 2 heteroatoms. The largest absolute Gasteiger partial charge is 0.396 e. The summed E-state index contributed by atoms with van der Waals surface area (Å²) in [5, 5.41) is 12.6. The van der Waals surface area contributed by atoms with Gasteiger partial charge in [0.2, 0.25) is 0 Å². The number of hydrogen-bond acceptors (Lipinski definition) is 2. The van der Waals surface area contributed by atoms with Gasteiger partial charge < -0.3 is 10.4 Å². The van der Waals surface area contributed by atoms with Crippen LogP contribution in [0.2, 0.25) is 0 Å². The molecule has 1 atom stereocenters. The summed E-state index contributed by atoms with van der Waals surface area (Å²) < 4.78 is 0. The Balaban J connectivity index is 3.32. The third kappa shape index (κ3) is 10.4. The lowest BCUT2D eigenvalue weighted by molar-refractivity contribution is 0.206. The molecule has 0 unspecified atom stereocenters. The summed E-state index contributed by atoms with van der Waals surface area (Å²) in [4.78, 5) is 0. The normalized spacial score (nSPS) is 14.1. The fourth-order valence-corrected chi connectivity index (χ4v) is 1.88. The second-order valence-corrected chi connectivity index (χ2v) is 6.07. The average molecular weight is 229 g/mol. The first-order valence-corrected chi connectivity index (χ1v) is 6.81. The number of aliphatic hydroxyl groups excluding tert-OH is 1. The molecular weight excluding hydrogens is 198 g/mol. The van der Waals surface area contributed by atoms with Crippen LogP contribution in [0, 0.1) is 11.3 Å². The Labute approximate surface area is 102 Å². The average Bonchev–Trinajstić information content (AvgIpc) is 2.20. The zero-order chi connectivity index (χ0) is 12.4. The second kappa shape index (κ2) is 9.00. The van der Waals surface area contributed by atoms with Gasteiger partial charge in [0.05, 0.1) is 0 Å². The predicted octanol–water partition coefficient (Wildman–Crippen LogP) is 3.20. The van der Waals surface area contributed by atoms with Crippen molar-refractivity contribution in [2.45, 2.75) is 59.8 Å². The van der Waals surface area contributed by atoms with E-state index in [1.54, 1.807) is 0 Å². The molecule has 0 rings (SSSR count). The lowest BCUT2D eigenvalue weighted by atomic mass is 9.96. The summed E-state index contributed by atoms with van der Waals surface area (Å²) in [5.74, 6) is 0.535. The molecule has 0 aromatic carbocycles. The topological polar surface area (TPSA) is 32.3 Å². The highest BCUT2D eigenvalue weighted by atomic mass is 16.3. The third-order valence-corrected chi connectivity index (χ3v) is 2.83. The lowest BCUT2D eigenvalue weighted by Gasteiger charge is -2.19. The van der Waals surface area contributed by atoms with Crippen molar-refractivity contribution in [2.24, 2.45) is 11.3 Å². The first-order chi connectivity index (χ1) is 7.49. The molecule has 0 bridgehead atoms. The lowest BCUT2D eigenvalue weighted by Crippen LogP contribution is -2.27. The summed E-state index contributed by atoms with van der Waals surface area (Å²) in [7, 11) is 0. The van der Waals surface area contributed by atoms with Crippen LogP contribution in [-0.4, -0.2) is 24.8 Å². The van der Waals surface area contributed by atoms with E-state index in [-0.39, 0.29) is 0 Å². The van der Waals surface area contributed by atoms with E-state index < -0.39 is 0 Å².